The Balaban J connectivity index is 2.32. The second-order valence-corrected chi connectivity index (χ2v) is 4.54. The standard InChI is InChI=1S/C11H19N/c1-4-8-12-10-6-5-7-11(2,3)9-10/h1,10,12H,5-9H2,2-3H3. The SMILES string of the molecule is C#CCNC1CCCC(C)(C)C1. The molecule has 0 radical (unpaired) electrons. The van der Waals surface area contributed by atoms with E-state index in [0.717, 1.165) is 6.54 Å². The molecule has 0 aromatic carbocycles. The van der Waals surface area contributed by atoms with Crippen LogP contribution in [0.15, 0.2) is 0 Å². The van der Waals surface area contributed by atoms with E-state index in [-0.39, 0.29) is 0 Å². The van der Waals surface area contributed by atoms with E-state index in [2.05, 4.69) is 25.1 Å². The second-order valence-electron chi connectivity index (χ2n) is 4.54. The van der Waals surface area contributed by atoms with Gasteiger partial charge in [0, 0.05) is 6.04 Å². The van der Waals surface area contributed by atoms with Crippen molar-refractivity contribution in [3.63, 3.8) is 0 Å². The highest BCUT2D eigenvalue weighted by Crippen LogP contribution is 2.34. The highest BCUT2D eigenvalue weighted by atomic mass is 14.9. The summed E-state index contributed by atoms with van der Waals surface area (Å²) in [7, 11) is 0. The molecule has 1 unspecified atom stereocenters. The summed E-state index contributed by atoms with van der Waals surface area (Å²) in [6.45, 7) is 5.41. The van der Waals surface area contributed by atoms with Crippen LogP contribution in [0.5, 0.6) is 0 Å². The first-order valence-electron chi connectivity index (χ1n) is 4.81. The maximum Gasteiger partial charge on any atom is 0.0575 e. The van der Waals surface area contributed by atoms with Crippen LogP contribution in [0.3, 0.4) is 0 Å². The lowest BCUT2D eigenvalue weighted by molar-refractivity contribution is 0.202. The Bertz CT molecular complexity index is 176. The lowest BCUT2D eigenvalue weighted by Gasteiger charge is -2.35. The molecule has 0 heterocycles. The van der Waals surface area contributed by atoms with Crippen LogP contribution in [0, 0.1) is 17.8 Å². The summed E-state index contributed by atoms with van der Waals surface area (Å²) in [5, 5.41) is 3.39. The number of hydrogen-bond donors (Lipinski definition) is 1. The van der Waals surface area contributed by atoms with E-state index in [1.807, 2.05) is 0 Å². The average molecular weight is 165 g/mol. The maximum absolute atomic E-state index is 5.20. The molecule has 0 spiro atoms. The zero-order valence-corrected chi connectivity index (χ0v) is 8.19. The van der Waals surface area contributed by atoms with Crippen LogP contribution in [-0.2, 0) is 0 Å². The van der Waals surface area contributed by atoms with Gasteiger partial charge in [0.05, 0.1) is 6.54 Å². The normalized spacial score (nSPS) is 27.9. The van der Waals surface area contributed by atoms with Crippen molar-refractivity contribution in [1.82, 2.24) is 5.32 Å². The van der Waals surface area contributed by atoms with E-state index >= 15 is 0 Å². The van der Waals surface area contributed by atoms with Crippen molar-refractivity contribution >= 4 is 0 Å². The van der Waals surface area contributed by atoms with Crippen LogP contribution in [0.1, 0.15) is 39.5 Å². The molecule has 1 atom stereocenters. The summed E-state index contributed by atoms with van der Waals surface area (Å²) in [5.74, 6) is 2.63. The van der Waals surface area contributed by atoms with Crippen LogP contribution in [-0.4, -0.2) is 12.6 Å². The first kappa shape index (κ1) is 9.61. The summed E-state index contributed by atoms with van der Waals surface area (Å²) < 4.78 is 0. The topological polar surface area (TPSA) is 12.0 Å². The molecule has 1 nitrogen and oxygen atoms in total. The van der Waals surface area contributed by atoms with E-state index in [1.165, 1.54) is 25.7 Å². The third-order valence-electron chi connectivity index (χ3n) is 2.70. The van der Waals surface area contributed by atoms with Crippen molar-refractivity contribution in [2.45, 2.75) is 45.6 Å². The number of nitrogens with one attached hydrogen (secondary N) is 1. The molecule has 0 aromatic rings. The minimum absolute atomic E-state index is 0.518. The predicted molar refractivity (Wildman–Crippen MR) is 52.9 cm³/mol. The van der Waals surface area contributed by atoms with Gasteiger partial charge in [-0.25, -0.2) is 0 Å². The van der Waals surface area contributed by atoms with E-state index in [9.17, 15) is 0 Å². The van der Waals surface area contributed by atoms with Crippen molar-refractivity contribution in [3.05, 3.63) is 0 Å². The minimum Gasteiger partial charge on any atom is -0.303 e. The molecule has 0 amide bonds. The monoisotopic (exact) mass is 165 g/mol. The fraction of sp³-hybridized carbons (Fsp3) is 0.818. The highest BCUT2D eigenvalue weighted by molar-refractivity contribution is 4.90. The van der Waals surface area contributed by atoms with Crippen molar-refractivity contribution in [3.8, 4) is 12.3 Å². The van der Waals surface area contributed by atoms with Gasteiger partial charge in [0.25, 0.3) is 0 Å². The summed E-state index contributed by atoms with van der Waals surface area (Å²) >= 11 is 0. The molecular weight excluding hydrogens is 146 g/mol. The van der Waals surface area contributed by atoms with Crippen molar-refractivity contribution in [2.24, 2.45) is 5.41 Å². The van der Waals surface area contributed by atoms with E-state index in [4.69, 9.17) is 6.42 Å². The first-order chi connectivity index (χ1) is 5.64. The molecule has 0 aliphatic heterocycles. The Hall–Kier alpha value is -0.480. The molecule has 1 fully saturated rings. The molecule has 1 aliphatic rings. The van der Waals surface area contributed by atoms with Gasteiger partial charge in [0.15, 0.2) is 0 Å². The van der Waals surface area contributed by atoms with Gasteiger partial charge in [-0.15, -0.1) is 6.42 Å². The predicted octanol–water partition coefficient (Wildman–Crippen LogP) is 2.18. The molecule has 1 saturated carbocycles. The van der Waals surface area contributed by atoms with Crippen LogP contribution in [0.2, 0.25) is 0 Å². The molecular formula is C11H19N. The molecule has 0 saturated heterocycles. The summed E-state index contributed by atoms with van der Waals surface area (Å²) in [6.07, 6.45) is 10.5. The van der Waals surface area contributed by atoms with Gasteiger partial charge in [-0.05, 0) is 24.7 Å². The van der Waals surface area contributed by atoms with Crippen molar-refractivity contribution in [1.29, 1.82) is 0 Å². The largest absolute Gasteiger partial charge is 0.303 e. The molecule has 1 heteroatoms. The van der Waals surface area contributed by atoms with E-state index in [1.54, 1.807) is 0 Å². The Morgan fingerprint density at radius 1 is 1.58 bits per heavy atom. The average Bonchev–Trinajstić information content (AvgIpc) is 1.99. The molecule has 0 aromatic heterocycles. The van der Waals surface area contributed by atoms with Gasteiger partial charge in [0.2, 0.25) is 0 Å². The summed E-state index contributed by atoms with van der Waals surface area (Å²) in [4.78, 5) is 0. The Morgan fingerprint density at radius 2 is 2.33 bits per heavy atom. The van der Waals surface area contributed by atoms with E-state index < -0.39 is 0 Å². The molecule has 1 N–H and O–H groups in total. The Labute approximate surface area is 75.9 Å². The van der Waals surface area contributed by atoms with Gasteiger partial charge in [0.1, 0.15) is 0 Å². The number of hydrogen-bond acceptors (Lipinski definition) is 1. The van der Waals surface area contributed by atoms with Gasteiger partial charge in [-0.1, -0.05) is 26.2 Å². The van der Waals surface area contributed by atoms with Gasteiger partial charge in [-0.2, -0.15) is 0 Å². The number of terminal acetylenes is 1. The molecule has 68 valence electrons. The van der Waals surface area contributed by atoms with Crippen LogP contribution in [0.25, 0.3) is 0 Å². The minimum atomic E-state index is 0.518. The van der Waals surface area contributed by atoms with E-state index in [0.29, 0.717) is 11.5 Å². The zero-order valence-electron chi connectivity index (χ0n) is 8.19. The zero-order chi connectivity index (χ0) is 9.03. The maximum atomic E-state index is 5.20. The second kappa shape index (κ2) is 3.96. The highest BCUT2D eigenvalue weighted by Gasteiger charge is 2.27. The Morgan fingerprint density at radius 3 is 2.92 bits per heavy atom. The van der Waals surface area contributed by atoms with Crippen LogP contribution in [0.4, 0.5) is 0 Å². The summed E-state index contributed by atoms with van der Waals surface area (Å²) in [5.41, 5.74) is 0.518. The van der Waals surface area contributed by atoms with Crippen molar-refractivity contribution < 1.29 is 0 Å². The molecule has 1 rings (SSSR count). The first-order valence-corrected chi connectivity index (χ1v) is 4.81. The third kappa shape index (κ3) is 2.87. The van der Waals surface area contributed by atoms with Gasteiger partial charge >= 0.3 is 0 Å². The van der Waals surface area contributed by atoms with Crippen LogP contribution >= 0.6 is 0 Å². The fourth-order valence-electron chi connectivity index (χ4n) is 2.08. The fourth-order valence-corrected chi connectivity index (χ4v) is 2.08. The number of rotatable bonds is 2. The Kier molecular flexibility index (Phi) is 3.17. The lowest BCUT2D eigenvalue weighted by atomic mass is 9.75. The third-order valence-corrected chi connectivity index (χ3v) is 2.70. The van der Waals surface area contributed by atoms with Gasteiger partial charge < -0.3 is 5.32 Å². The lowest BCUT2D eigenvalue weighted by Crippen LogP contribution is -2.37. The van der Waals surface area contributed by atoms with Gasteiger partial charge in [-0.3, -0.25) is 0 Å². The summed E-state index contributed by atoms with van der Waals surface area (Å²) in [6, 6.07) is 0.657. The molecule has 1 aliphatic carbocycles. The molecule has 0 bridgehead atoms. The van der Waals surface area contributed by atoms with Crippen molar-refractivity contribution in [2.75, 3.05) is 6.54 Å². The quantitative estimate of drug-likeness (QED) is 0.618. The van der Waals surface area contributed by atoms with Crippen LogP contribution < -0.4 is 5.32 Å². The smallest absolute Gasteiger partial charge is 0.0575 e. The molecule has 12 heavy (non-hydrogen) atoms.